The summed E-state index contributed by atoms with van der Waals surface area (Å²) in [6.07, 6.45) is 0.573. The fraction of sp³-hybridized carbons (Fsp3) is 0.364. The Balaban J connectivity index is 1.95. The van der Waals surface area contributed by atoms with Gasteiger partial charge in [0.1, 0.15) is 5.75 Å². The van der Waals surface area contributed by atoms with E-state index in [-0.39, 0.29) is 6.79 Å². The predicted octanol–water partition coefficient (Wildman–Crippen LogP) is 4.23. The van der Waals surface area contributed by atoms with Crippen molar-refractivity contribution in [2.75, 3.05) is 13.9 Å². The summed E-state index contributed by atoms with van der Waals surface area (Å²) in [5, 5.41) is 1.74. The molecule has 1 aliphatic heterocycles. The van der Waals surface area contributed by atoms with Gasteiger partial charge in [-0.15, -0.1) is 0 Å². The molecule has 0 aliphatic carbocycles. The summed E-state index contributed by atoms with van der Waals surface area (Å²) >= 11 is 6.02. The monoisotopic (exact) mass is 432 g/mol. The van der Waals surface area contributed by atoms with Crippen molar-refractivity contribution >= 4 is 23.4 Å². The second-order valence-corrected chi connectivity index (χ2v) is 8.21. The molecule has 160 valence electrons. The molecule has 0 saturated heterocycles. The Hall–Kier alpha value is -2.93. The molecule has 30 heavy (non-hydrogen) atoms. The van der Waals surface area contributed by atoms with E-state index in [0.29, 0.717) is 39.8 Å². The number of methoxy groups -OCH3 is 1. The van der Waals surface area contributed by atoms with Crippen LogP contribution in [0.25, 0.3) is 0 Å². The lowest BCUT2D eigenvalue weighted by atomic mass is 10.0. The first kappa shape index (κ1) is 21.8. The smallest absolute Gasteiger partial charge is 0.276 e. The van der Waals surface area contributed by atoms with Crippen molar-refractivity contribution < 1.29 is 23.8 Å². The normalized spacial score (nSPS) is 12.5. The van der Waals surface area contributed by atoms with Gasteiger partial charge in [-0.2, -0.15) is 0 Å². The number of nitrogens with zero attached hydrogens (tertiary/aromatic N) is 1. The van der Waals surface area contributed by atoms with Gasteiger partial charge in [0.25, 0.3) is 11.8 Å². The van der Waals surface area contributed by atoms with Crippen LogP contribution in [0, 0.1) is 0 Å². The van der Waals surface area contributed by atoms with Gasteiger partial charge in [0.05, 0.1) is 18.2 Å². The highest BCUT2D eigenvalue weighted by atomic mass is 35.5. The highest BCUT2D eigenvalue weighted by Crippen LogP contribution is 2.38. The van der Waals surface area contributed by atoms with Gasteiger partial charge in [0.2, 0.25) is 6.79 Å². The summed E-state index contributed by atoms with van der Waals surface area (Å²) in [6, 6.07) is 8.11. The van der Waals surface area contributed by atoms with Crippen LogP contribution >= 0.6 is 11.6 Å². The molecule has 7 nitrogen and oxygen atoms in total. The molecule has 1 heterocycles. The summed E-state index contributed by atoms with van der Waals surface area (Å²) in [5.41, 5.74) is 3.50. The summed E-state index contributed by atoms with van der Waals surface area (Å²) in [7, 11) is 1.46. The van der Waals surface area contributed by atoms with Gasteiger partial charge in [-0.25, -0.2) is 5.01 Å². The van der Waals surface area contributed by atoms with E-state index in [1.807, 2.05) is 27.7 Å². The van der Waals surface area contributed by atoms with Crippen LogP contribution in [0.5, 0.6) is 17.2 Å². The molecular formula is C22H25ClN2O5. The molecule has 0 atom stereocenters. The number of hydrogen-bond acceptors (Lipinski definition) is 5. The Morgan fingerprint density at radius 2 is 1.87 bits per heavy atom. The van der Waals surface area contributed by atoms with E-state index in [0.717, 1.165) is 5.56 Å². The van der Waals surface area contributed by atoms with E-state index >= 15 is 0 Å². The Labute approximate surface area is 180 Å². The van der Waals surface area contributed by atoms with E-state index in [4.69, 9.17) is 25.8 Å². The zero-order valence-corrected chi connectivity index (χ0v) is 18.4. The fourth-order valence-corrected chi connectivity index (χ4v) is 3.40. The van der Waals surface area contributed by atoms with Gasteiger partial charge >= 0.3 is 0 Å². The van der Waals surface area contributed by atoms with Crippen molar-refractivity contribution in [1.82, 2.24) is 10.4 Å². The fourth-order valence-electron chi connectivity index (χ4n) is 3.24. The van der Waals surface area contributed by atoms with Crippen LogP contribution in [0.3, 0.4) is 0 Å². The second-order valence-electron chi connectivity index (χ2n) is 7.78. The SMILES string of the molecule is CCc1c(C(=O)NN(C(=O)c2ccc(Cl)cc2OC)C(C)(C)C)ccc2c1OCO2. The van der Waals surface area contributed by atoms with Crippen molar-refractivity contribution in [3.63, 3.8) is 0 Å². The molecule has 0 bridgehead atoms. The molecule has 0 fully saturated rings. The first-order chi connectivity index (χ1) is 14.2. The number of carbonyl (C=O) groups is 2. The number of ether oxygens (including phenoxy) is 3. The van der Waals surface area contributed by atoms with Crippen LogP contribution in [0.1, 0.15) is 54.0 Å². The lowest BCUT2D eigenvalue weighted by Crippen LogP contribution is -2.56. The molecule has 0 aromatic heterocycles. The summed E-state index contributed by atoms with van der Waals surface area (Å²) in [4.78, 5) is 26.5. The molecule has 2 amide bonds. The van der Waals surface area contributed by atoms with Gasteiger partial charge in [-0.05, 0) is 57.5 Å². The third-order valence-corrected chi connectivity index (χ3v) is 4.96. The Morgan fingerprint density at radius 3 is 2.50 bits per heavy atom. The van der Waals surface area contributed by atoms with Crippen molar-refractivity contribution in [1.29, 1.82) is 0 Å². The first-order valence-electron chi connectivity index (χ1n) is 9.58. The van der Waals surface area contributed by atoms with E-state index in [9.17, 15) is 9.59 Å². The van der Waals surface area contributed by atoms with Crippen molar-refractivity contribution in [3.8, 4) is 17.2 Å². The van der Waals surface area contributed by atoms with Gasteiger partial charge in [-0.3, -0.25) is 15.0 Å². The zero-order valence-electron chi connectivity index (χ0n) is 17.7. The molecule has 2 aromatic carbocycles. The van der Waals surface area contributed by atoms with E-state index in [1.54, 1.807) is 30.3 Å². The van der Waals surface area contributed by atoms with Crippen LogP contribution in [0.15, 0.2) is 30.3 Å². The molecule has 0 unspecified atom stereocenters. The lowest BCUT2D eigenvalue weighted by Gasteiger charge is -2.36. The number of benzene rings is 2. The topological polar surface area (TPSA) is 77.1 Å². The molecule has 3 rings (SSSR count). The minimum Gasteiger partial charge on any atom is -0.496 e. The minimum atomic E-state index is -0.708. The highest BCUT2D eigenvalue weighted by Gasteiger charge is 2.32. The highest BCUT2D eigenvalue weighted by molar-refractivity contribution is 6.30. The number of amides is 2. The van der Waals surface area contributed by atoms with Crippen LogP contribution in [-0.2, 0) is 6.42 Å². The summed E-state index contributed by atoms with van der Waals surface area (Å²) < 4.78 is 16.2. The molecule has 2 aromatic rings. The van der Waals surface area contributed by atoms with Gasteiger partial charge in [0.15, 0.2) is 11.5 Å². The third-order valence-electron chi connectivity index (χ3n) is 4.72. The molecular weight excluding hydrogens is 408 g/mol. The maximum Gasteiger partial charge on any atom is 0.276 e. The van der Waals surface area contributed by atoms with Crippen LogP contribution in [-0.4, -0.2) is 36.3 Å². The number of rotatable bonds is 4. The van der Waals surface area contributed by atoms with Crippen LogP contribution in [0.4, 0.5) is 0 Å². The average Bonchev–Trinajstić information content (AvgIpc) is 3.18. The summed E-state index contributed by atoms with van der Waals surface area (Å²) in [5.74, 6) is 0.675. The van der Waals surface area contributed by atoms with E-state index in [1.165, 1.54) is 12.1 Å². The first-order valence-corrected chi connectivity index (χ1v) is 9.95. The number of carbonyl (C=O) groups excluding carboxylic acids is 2. The largest absolute Gasteiger partial charge is 0.496 e. The Bertz CT molecular complexity index is 984. The quantitative estimate of drug-likeness (QED) is 0.732. The van der Waals surface area contributed by atoms with Gasteiger partial charge < -0.3 is 14.2 Å². The van der Waals surface area contributed by atoms with Gasteiger partial charge in [0, 0.05) is 16.1 Å². The molecule has 1 N–H and O–H groups in total. The maximum absolute atomic E-state index is 13.3. The molecule has 1 aliphatic rings. The average molecular weight is 433 g/mol. The summed E-state index contributed by atoms with van der Waals surface area (Å²) in [6.45, 7) is 7.53. The van der Waals surface area contributed by atoms with Crippen LogP contribution in [0.2, 0.25) is 5.02 Å². The number of fused-ring (bicyclic) bond motifs is 1. The standard InChI is InChI=1S/C22H25ClN2O5/c1-6-14-15(9-10-17-19(14)30-12-29-17)20(26)24-25(22(2,3)4)21(27)16-8-7-13(23)11-18(16)28-5/h7-11H,6,12H2,1-5H3,(H,24,26). The van der Waals surface area contributed by atoms with Crippen molar-refractivity contribution in [2.24, 2.45) is 0 Å². The lowest BCUT2D eigenvalue weighted by molar-refractivity contribution is 0.0355. The molecule has 8 heteroatoms. The van der Waals surface area contributed by atoms with Crippen molar-refractivity contribution in [2.45, 2.75) is 39.7 Å². The number of hydrogen-bond donors (Lipinski definition) is 1. The maximum atomic E-state index is 13.3. The predicted molar refractivity (Wildman–Crippen MR) is 113 cm³/mol. The zero-order chi connectivity index (χ0) is 22.1. The number of hydrazine groups is 1. The van der Waals surface area contributed by atoms with Crippen molar-refractivity contribution in [3.05, 3.63) is 52.0 Å². The molecule has 0 spiro atoms. The van der Waals surface area contributed by atoms with E-state index < -0.39 is 17.4 Å². The Kier molecular flexibility index (Phi) is 6.12. The molecule has 0 saturated carbocycles. The van der Waals surface area contributed by atoms with E-state index in [2.05, 4.69) is 5.43 Å². The van der Waals surface area contributed by atoms with Gasteiger partial charge in [-0.1, -0.05) is 18.5 Å². The second kappa shape index (κ2) is 8.44. The van der Waals surface area contributed by atoms with Crippen LogP contribution < -0.4 is 19.6 Å². The third kappa shape index (κ3) is 4.16. The minimum absolute atomic E-state index is 0.121. The Morgan fingerprint density at radius 1 is 1.17 bits per heavy atom. The number of nitrogens with one attached hydrogen (secondary N) is 1. The number of halogens is 1. The molecule has 0 radical (unpaired) electrons.